The van der Waals surface area contributed by atoms with Gasteiger partial charge in [-0.1, -0.05) is 0 Å². The molecular formula is C13H22N2O5S. The highest BCUT2D eigenvalue weighted by Crippen LogP contribution is 2.25. The molecule has 2 rings (SSSR count). The molecule has 0 aromatic heterocycles. The number of sulfonamides is 1. The largest absolute Gasteiger partial charge is 0.469 e. The van der Waals surface area contributed by atoms with E-state index < -0.39 is 16.1 Å². The Hall–Kier alpha value is -1.15. The van der Waals surface area contributed by atoms with E-state index in [1.165, 1.54) is 11.4 Å². The number of hydrogen-bond acceptors (Lipinski definition) is 5. The second-order valence-electron chi connectivity index (χ2n) is 5.68. The van der Waals surface area contributed by atoms with Crippen molar-refractivity contribution < 1.29 is 22.7 Å². The lowest BCUT2D eigenvalue weighted by atomic mass is 9.97. The Morgan fingerprint density at radius 2 is 1.81 bits per heavy atom. The van der Waals surface area contributed by atoms with E-state index >= 15 is 0 Å². The number of methoxy groups -OCH3 is 1. The highest BCUT2D eigenvalue weighted by Gasteiger charge is 2.40. The smallest absolute Gasteiger partial charge is 0.310 e. The zero-order chi connectivity index (χ0) is 15.6. The lowest BCUT2D eigenvalue weighted by molar-refractivity contribution is -0.149. The summed E-state index contributed by atoms with van der Waals surface area (Å²) in [4.78, 5) is 25.8. The van der Waals surface area contributed by atoms with Crippen molar-refractivity contribution in [2.75, 3.05) is 33.0 Å². The van der Waals surface area contributed by atoms with Crippen molar-refractivity contribution in [1.82, 2.24) is 9.21 Å². The fraction of sp³-hybridized carbons (Fsp3) is 0.846. The molecule has 0 spiro atoms. The molecule has 2 aliphatic rings. The maximum atomic E-state index is 12.6. The number of ether oxygens (including phenoxy) is 1. The number of rotatable bonds is 3. The Labute approximate surface area is 125 Å². The Morgan fingerprint density at radius 1 is 1.14 bits per heavy atom. The zero-order valence-electron chi connectivity index (χ0n) is 12.4. The molecule has 2 heterocycles. The molecule has 0 aromatic carbocycles. The van der Waals surface area contributed by atoms with E-state index in [4.69, 9.17) is 4.74 Å². The standard InChI is InChI=1S/C13H22N2O5S/c1-20-13(17)10-5-3-7-14(9-10)12(16)11-6-4-8-15(11)21(2,18)19/h10-11H,3-9H2,1-2H3. The first-order valence-corrected chi connectivity index (χ1v) is 9.03. The SMILES string of the molecule is COC(=O)C1CCCN(C(=O)C2CCCN2S(C)(=O)=O)C1. The molecule has 2 unspecified atom stereocenters. The fourth-order valence-corrected chi connectivity index (χ4v) is 4.25. The number of carbonyl (C=O) groups is 2. The molecule has 2 atom stereocenters. The van der Waals surface area contributed by atoms with Crippen molar-refractivity contribution >= 4 is 21.9 Å². The van der Waals surface area contributed by atoms with Gasteiger partial charge in [-0.3, -0.25) is 9.59 Å². The van der Waals surface area contributed by atoms with Crippen LogP contribution in [0.2, 0.25) is 0 Å². The van der Waals surface area contributed by atoms with Gasteiger partial charge in [0.15, 0.2) is 0 Å². The van der Waals surface area contributed by atoms with Crippen molar-refractivity contribution in [1.29, 1.82) is 0 Å². The number of piperidine rings is 1. The first-order valence-electron chi connectivity index (χ1n) is 7.18. The van der Waals surface area contributed by atoms with E-state index in [0.717, 1.165) is 12.7 Å². The third-order valence-electron chi connectivity index (χ3n) is 4.18. The second-order valence-corrected chi connectivity index (χ2v) is 7.61. The minimum atomic E-state index is -3.38. The molecule has 0 radical (unpaired) electrons. The number of hydrogen-bond donors (Lipinski definition) is 0. The Morgan fingerprint density at radius 3 is 2.43 bits per heavy atom. The van der Waals surface area contributed by atoms with Crippen molar-refractivity contribution in [3.05, 3.63) is 0 Å². The van der Waals surface area contributed by atoms with Crippen LogP contribution in [0.4, 0.5) is 0 Å². The van der Waals surface area contributed by atoms with Crippen LogP contribution in [0, 0.1) is 5.92 Å². The molecule has 2 aliphatic heterocycles. The third-order valence-corrected chi connectivity index (χ3v) is 5.47. The molecule has 0 saturated carbocycles. The average molecular weight is 318 g/mol. The van der Waals surface area contributed by atoms with Crippen LogP contribution >= 0.6 is 0 Å². The Bertz CT molecular complexity index is 519. The molecule has 120 valence electrons. The van der Waals surface area contributed by atoms with Crippen LogP contribution in [0.5, 0.6) is 0 Å². The lowest BCUT2D eigenvalue weighted by Gasteiger charge is -2.34. The summed E-state index contributed by atoms with van der Waals surface area (Å²) < 4.78 is 29.5. The van der Waals surface area contributed by atoms with Gasteiger partial charge in [-0.05, 0) is 25.7 Å². The van der Waals surface area contributed by atoms with Gasteiger partial charge < -0.3 is 9.64 Å². The highest BCUT2D eigenvalue weighted by atomic mass is 32.2. The second kappa shape index (κ2) is 6.31. The predicted octanol–water partition coefficient (Wildman–Crippen LogP) is -0.178. The van der Waals surface area contributed by atoms with E-state index in [1.54, 1.807) is 4.90 Å². The van der Waals surface area contributed by atoms with Crippen LogP contribution in [-0.2, 0) is 24.3 Å². The molecular weight excluding hydrogens is 296 g/mol. The summed E-state index contributed by atoms with van der Waals surface area (Å²) in [7, 11) is -2.04. The maximum Gasteiger partial charge on any atom is 0.310 e. The number of likely N-dealkylation sites (tertiary alicyclic amines) is 1. The Kier molecular flexibility index (Phi) is 4.88. The normalized spacial score (nSPS) is 27.6. The summed E-state index contributed by atoms with van der Waals surface area (Å²) in [5.41, 5.74) is 0. The van der Waals surface area contributed by atoms with Crippen LogP contribution in [0.25, 0.3) is 0 Å². The average Bonchev–Trinajstić information content (AvgIpc) is 2.95. The van der Waals surface area contributed by atoms with Crippen molar-refractivity contribution in [2.45, 2.75) is 31.7 Å². The molecule has 0 aliphatic carbocycles. The van der Waals surface area contributed by atoms with E-state index in [0.29, 0.717) is 38.9 Å². The number of esters is 1. The first kappa shape index (κ1) is 16.2. The van der Waals surface area contributed by atoms with Gasteiger partial charge >= 0.3 is 5.97 Å². The van der Waals surface area contributed by atoms with Crippen molar-refractivity contribution in [3.8, 4) is 0 Å². The predicted molar refractivity (Wildman–Crippen MR) is 75.9 cm³/mol. The number of amides is 1. The summed E-state index contributed by atoms with van der Waals surface area (Å²) in [6, 6.07) is -0.614. The summed E-state index contributed by atoms with van der Waals surface area (Å²) >= 11 is 0. The first-order chi connectivity index (χ1) is 9.84. The van der Waals surface area contributed by atoms with Gasteiger partial charge in [0.25, 0.3) is 0 Å². The minimum absolute atomic E-state index is 0.188. The van der Waals surface area contributed by atoms with Crippen molar-refractivity contribution in [2.24, 2.45) is 5.92 Å². The summed E-state index contributed by atoms with van der Waals surface area (Å²) in [6.07, 6.45) is 3.81. The summed E-state index contributed by atoms with van der Waals surface area (Å²) in [5.74, 6) is -0.800. The van der Waals surface area contributed by atoms with Gasteiger partial charge in [-0.25, -0.2) is 8.42 Å². The van der Waals surface area contributed by atoms with Gasteiger partial charge in [-0.2, -0.15) is 4.31 Å². The molecule has 1 amide bonds. The van der Waals surface area contributed by atoms with Crippen LogP contribution in [-0.4, -0.2) is 68.5 Å². The number of nitrogens with zero attached hydrogens (tertiary/aromatic N) is 2. The van der Waals surface area contributed by atoms with Gasteiger partial charge in [-0.15, -0.1) is 0 Å². The lowest BCUT2D eigenvalue weighted by Crippen LogP contribution is -2.51. The Balaban J connectivity index is 2.07. The van der Waals surface area contributed by atoms with Gasteiger partial charge in [0, 0.05) is 19.6 Å². The quantitative estimate of drug-likeness (QED) is 0.674. The highest BCUT2D eigenvalue weighted by molar-refractivity contribution is 7.88. The van der Waals surface area contributed by atoms with Gasteiger partial charge in [0.1, 0.15) is 6.04 Å². The topological polar surface area (TPSA) is 84.0 Å². The van der Waals surface area contributed by atoms with Crippen LogP contribution in [0.1, 0.15) is 25.7 Å². The van der Waals surface area contributed by atoms with Gasteiger partial charge in [0.2, 0.25) is 15.9 Å². The molecule has 21 heavy (non-hydrogen) atoms. The van der Waals surface area contributed by atoms with E-state index in [2.05, 4.69) is 0 Å². The van der Waals surface area contributed by atoms with Crippen LogP contribution in [0.3, 0.4) is 0 Å². The molecule has 0 aromatic rings. The molecule has 0 bridgehead atoms. The van der Waals surface area contributed by atoms with Crippen LogP contribution < -0.4 is 0 Å². The monoisotopic (exact) mass is 318 g/mol. The van der Waals surface area contributed by atoms with Gasteiger partial charge in [0.05, 0.1) is 19.3 Å². The zero-order valence-corrected chi connectivity index (χ0v) is 13.3. The third kappa shape index (κ3) is 3.55. The van der Waals surface area contributed by atoms with E-state index in [9.17, 15) is 18.0 Å². The summed E-state index contributed by atoms with van der Waals surface area (Å²) in [6.45, 7) is 1.28. The van der Waals surface area contributed by atoms with E-state index in [1.807, 2.05) is 0 Å². The van der Waals surface area contributed by atoms with Crippen LogP contribution in [0.15, 0.2) is 0 Å². The maximum absolute atomic E-state index is 12.6. The molecule has 8 heteroatoms. The number of carbonyl (C=O) groups excluding carboxylic acids is 2. The molecule has 7 nitrogen and oxygen atoms in total. The molecule has 2 fully saturated rings. The molecule has 2 saturated heterocycles. The minimum Gasteiger partial charge on any atom is -0.469 e. The summed E-state index contributed by atoms with van der Waals surface area (Å²) in [5, 5.41) is 0. The fourth-order valence-electron chi connectivity index (χ4n) is 3.13. The molecule has 0 N–H and O–H groups in total. The van der Waals surface area contributed by atoms with E-state index in [-0.39, 0.29) is 17.8 Å². The van der Waals surface area contributed by atoms with Crippen molar-refractivity contribution in [3.63, 3.8) is 0 Å².